The predicted octanol–water partition coefficient (Wildman–Crippen LogP) is 4.22. The van der Waals surface area contributed by atoms with Gasteiger partial charge in [-0.2, -0.15) is 0 Å². The number of fused-ring (bicyclic) bond motifs is 1. The van der Waals surface area contributed by atoms with Gasteiger partial charge >= 0.3 is 0 Å². The highest BCUT2D eigenvalue weighted by Gasteiger charge is 2.12. The molecule has 2 aromatic heterocycles. The number of hydrogen-bond donors (Lipinski definition) is 2. The lowest BCUT2D eigenvalue weighted by molar-refractivity contribution is 0.102. The van der Waals surface area contributed by atoms with Crippen molar-refractivity contribution in [3.8, 4) is 11.4 Å². The van der Waals surface area contributed by atoms with Crippen LogP contribution in [0.15, 0.2) is 47.8 Å². The second kappa shape index (κ2) is 7.26. The smallest absolute Gasteiger partial charge is 0.275 e. The van der Waals surface area contributed by atoms with Gasteiger partial charge in [-0.3, -0.25) is 4.79 Å². The van der Waals surface area contributed by atoms with E-state index < -0.39 is 0 Å². The molecule has 0 bridgehead atoms. The standard InChI is InChI=1S/C19H15FN4O2S/c1-26-9-17-22-16(10-27-17)19(25)21-13-6-7-14-15(8-13)24-18(23-14)11-2-4-12(20)5-3-11/h2-8,10H,9H2,1H3,(H,21,25)(H,23,24). The summed E-state index contributed by atoms with van der Waals surface area (Å²) in [6.45, 7) is 0.379. The highest BCUT2D eigenvalue weighted by molar-refractivity contribution is 7.09. The highest BCUT2D eigenvalue weighted by atomic mass is 32.1. The molecule has 0 saturated heterocycles. The zero-order valence-electron chi connectivity index (χ0n) is 14.3. The van der Waals surface area contributed by atoms with Crippen molar-refractivity contribution in [2.24, 2.45) is 0 Å². The van der Waals surface area contributed by atoms with Crippen molar-refractivity contribution in [3.63, 3.8) is 0 Å². The fraction of sp³-hybridized carbons (Fsp3) is 0.105. The van der Waals surface area contributed by atoms with Crippen molar-refractivity contribution in [2.45, 2.75) is 6.61 Å². The van der Waals surface area contributed by atoms with Gasteiger partial charge in [0.25, 0.3) is 5.91 Å². The lowest BCUT2D eigenvalue weighted by atomic mass is 10.2. The molecule has 0 aliphatic carbocycles. The normalized spacial score (nSPS) is 11.0. The minimum atomic E-state index is -0.296. The van der Waals surface area contributed by atoms with E-state index in [0.717, 1.165) is 21.6 Å². The lowest BCUT2D eigenvalue weighted by Crippen LogP contribution is -2.12. The Hall–Kier alpha value is -3.10. The number of anilines is 1. The van der Waals surface area contributed by atoms with Crippen LogP contribution < -0.4 is 5.32 Å². The van der Waals surface area contributed by atoms with Gasteiger partial charge in [-0.15, -0.1) is 11.3 Å². The van der Waals surface area contributed by atoms with Gasteiger partial charge in [0.15, 0.2) is 0 Å². The van der Waals surface area contributed by atoms with Gasteiger partial charge in [0.05, 0.1) is 17.6 Å². The zero-order valence-corrected chi connectivity index (χ0v) is 15.1. The third-order valence-corrected chi connectivity index (χ3v) is 4.73. The van der Waals surface area contributed by atoms with E-state index in [2.05, 4.69) is 20.3 Å². The molecular weight excluding hydrogens is 367 g/mol. The Balaban J connectivity index is 1.55. The third-order valence-electron chi connectivity index (χ3n) is 3.91. The van der Waals surface area contributed by atoms with E-state index in [1.807, 2.05) is 6.07 Å². The van der Waals surface area contributed by atoms with Crippen LogP contribution in [0.25, 0.3) is 22.4 Å². The maximum Gasteiger partial charge on any atom is 0.275 e. The summed E-state index contributed by atoms with van der Waals surface area (Å²) in [5.41, 5.74) is 3.28. The summed E-state index contributed by atoms with van der Waals surface area (Å²) in [6.07, 6.45) is 0. The van der Waals surface area contributed by atoms with E-state index in [1.165, 1.54) is 23.5 Å². The van der Waals surface area contributed by atoms with Crippen LogP contribution in [0.2, 0.25) is 0 Å². The van der Waals surface area contributed by atoms with Crippen molar-refractivity contribution >= 4 is 34.0 Å². The number of amides is 1. The molecule has 0 spiro atoms. The predicted molar refractivity (Wildman–Crippen MR) is 102 cm³/mol. The molecule has 0 aliphatic heterocycles. The Morgan fingerprint density at radius 2 is 2.04 bits per heavy atom. The first-order valence-electron chi connectivity index (χ1n) is 8.13. The molecule has 2 N–H and O–H groups in total. The van der Waals surface area contributed by atoms with Gasteiger partial charge in [-0.1, -0.05) is 0 Å². The maximum atomic E-state index is 13.1. The Morgan fingerprint density at radius 3 is 2.81 bits per heavy atom. The average molecular weight is 382 g/mol. The van der Waals surface area contributed by atoms with Gasteiger partial charge in [-0.05, 0) is 42.5 Å². The largest absolute Gasteiger partial charge is 0.378 e. The number of imidazole rings is 1. The van der Waals surface area contributed by atoms with Gasteiger partial charge < -0.3 is 15.0 Å². The van der Waals surface area contributed by atoms with Crippen molar-refractivity contribution in [2.75, 3.05) is 12.4 Å². The van der Waals surface area contributed by atoms with Gasteiger partial charge in [0.1, 0.15) is 22.3 Å². The van der Waals surface area contributed by atoms with Crippen LogP contribution >= 0.6 is 11.3 Å². The number of halogens is 1. The molecule has 1 amide bonds. The van der Waals surface area contributed by atoms with E-state index in [1.54, 1.807) is 36.8 Å². The molecule has 136 valence electrons. The molecular formula is C19H15FN4O2S. The number of carbonyl (C=O) groups excluding carboxylic acids is 1. The molecule has 2 heterocycles. The summed E-state index contributed by atoms with van der Waals surface area (Å²) in [7, 11) is 1.58. The number of aromatic nitrogens is 3. The summed E-state index contributed by atoms with van der Waals surface area (Å²) >= 11 is 1.38. The summed E-state index contributed by atoms with van der Waals surface area (Å²) in [6, 6.07) is 11.5. The van der Waals surface area contributed by atoms with Gasteiger partial charge in [0.2, 0.25) is 0 Å². The minimum absolute atomic E-state index is 0.286. The van der Waals surface area contributed by atoms with Crippen LogP contribution in [0.3, 0.4) is 0 Å². The molecule has 8 heteroatoms. The SMILES string of the molecule is COCc1nc(C(=O)Nc2ccc3nc(-c4ccc(F)cc4)[nH]c3c2)cs1. The number of methoxy groups -OCH3 is 1. The molecule has 6 nitrogen and oxygen atoms in total. The van der Waals surface area contributed by atoms with Gasteiger partial charge in [-0.25, -0.2) is 14.4 Å². The number of H-pyrrole nitrogens is 1. The topological polar surface area (TPSA) is 79.9 Å². The van der Waals surface area contributed by atoms with Crippen LogP contribution in [0.4, 0.5) is 10.1 Å². The number of nitrogens with one attached hydrogen (secondary N) is 2. The number of ether oxygens (including phenoxy) is 1. The number of benzene rings is 2. The quantitative estimate of drug-likeness (QED) is 0.541. The molecule has 2 aromatic carbocycles. The van der Waals surface area contributed by atoms with Crippen LogP contribution in [-0.2, 0) is 11.3 Å². The molecule has 0 unspecified atom stereocenters. The molecule has 0 saturated carbocycles. The monoisotopic (exact) mass is 382 g/mol. The van der Waals surface area contributed by atoms with Crippen molar-refractivity contribution < 1.29 is 13.9 Å². The summed E-state index contributed by atoms with van der Waals surface area (Å²) in [5.74, 6) is 0.0546. The Morgan fingerprint density at radius 1 is 1.22 bits per heavy atom. The first-order chi connectivity index (χ1) is 13.1. The van der Waals surface area contributed by atoms with Crippen LogP contribution in [-0.4, -0.2) is 28.0 Å². The van der Waals surface area contributed by atoms with E-state index in [4.69, 9.17) is 4.74 Å². The fourth-order valence-corrected chi connectivity index (χ4v) is 3.38. The first kappa shape index (κ1) is 17.3. The van der Waals surface area contributed by atoms with E-state index >= 15 is 0 Å². The minimum Gasteiger partial charge on any atom is -0.378 e. The molecule has 0 fully saturated rings. The van der Waals surface area contributed by atoms with Crippen LogP contribution in [0, 0.1) is 5.82 Å². The number of thiazole rings is 1. The Kier molecular flexibility index (Phi) is 4.66. The average Bonchev–Trinajstić information content (AvgIpc) is 3.29. The molecule has 0 radical (unpaired) electrons. The third kappa shape index (κ3) is 3.71. The number of carbonyl (C=O) groups is 1. The second-order valence-electron chi connectivity index (χ2n) is 5.84. The fourth-order valence-electron chi connectivity index (χ4n) is 2.63. The van der Waals surface area contributed by atoms with Crippen molar-refractivity contribution in [1.29, 1.82) is 0 Å². The van der Waals surface area contributed by atoms with E-state index in [-0.39, 0.29) is 11.7 Å². The number of aromatic amines is 1. The lowest BCUT2D eigenvalue weighted by Gasteiger charge is -2.02. The molecule has 27 heavy (non-hydrogen) atoms. The summed E-state index contributed by atoms with van der Waals surface area (Å²) in [4.78, 5) is 24.3. The number of nitrogens with zero attached hydrogens (tertiary/aromatic N) is 2. The van der Waals surface area contributed by atoms with Crippen LogP contribution in [0.5, 0.6) is 0 Å². The Bertz CT molecular complexity index is 1100. The first-order valence-corrected chi connectivity index (χ1v) is 9.01. The summed E-state index contributed by atoms with van der Waals surface area (Å²) < 4.78 is 18.1. The second-order valence-corrected chi connectivity index (χ2v) is 6.78. The van der Waals surface area contributed by atoms with Crippen LogP contribution in [0.1, 0.15) is 15.5 Å². The zero-order chi connectivity index (χ0) is 18.8. The summed E-state index contributed by atoms with van der Waals surface area (Å²) in [5, 5.41) is 5.27. The van der Waals surface area contributed by atoms with Gasteiger partial charge in [0, 0.05) is 23.7 Å². The maximum absolute atomic E-state index is 13.1. The highest BCUT2D eigenvalue weighted by Crippen LogP contribution is 2.23. The van der Waals surface area contributed by atoms with E-state index in [0.29, 0.717) is 23.8 Å². The molecule has 4 aromatic rings. The number of rotatable bonds is 5. The van der Waals surface area contributed by atoms with E-state index in [9.17, 15) is 9.18 Å². The molecule has 0 aliphatic rings. The Labute approximate surface area is 158 Å². The van der Waals surface area contributed by atoms with Crippen molar-refractivity contribution in [3.05, 3.63) is 64.4 Å². The molecule has 0 atom stereocenters. The van der Waals surface area contributed by atoms with Crippen molar-refractivity contribution in [1.82, 2.24) is 15.0 Å². The number of hydrogen-bond acceptors (Lipinski definition) is 5. The molecule has 4 rings (SSSR count).